The molecular weight excluding hydrogens is 308 g/mol. The summed E-state index contributed by atoms with van der Waals surface area (Å²) >= 11 is 5.09. The smallest absolute Gasteiger partial charge is 0.259 e. The molecule has 0 bridgehead atoms. The van der Waals surface area contributed by atoms with Crippen LogP contribution in [-0.2, 0) is 12.8 Å². The largest absolute Gasteiger partial charge is 0.365 e. The third kappa shape index (κ3) is 2.29. The van der Waals surface area contributed by atoms with Gasteiger partial charge in [-0.25, -0.2) is 4.98 Å². The fraction of sp³-hybridized carbons (Fsp3) is 0.429. The summed E-state index contributed by atoms with van der Waals surface area (Å²) in [6.45, 7) is 6.38. The van der Waals surface area contributed by atoms with Gasteiger partial charge in [0.15, 0.2) is 0 Å². The molecule has 20 heavy (non-hydrogen) atoms. The number of thiophene rings is 1. The summed E-state index contributed by atoms with van der Waals surface area (Å²) in [5.74, 6) is -0.299. The quantitative estimate of drug-likeness (QED) is 0.872. The van der Waals surface area contributed by atoms with E-state index in [9.17, 15) is 4.79 Å². The summed E-state index contributed by atoms with van der Waals surface area (Å²) < 4.78 is 1.22. The number of hydrogen-bond donors (Lipinski definition) is 1. The third-order valence-electron chi connectivity index (χ3n) is 3.18. The van der Waals surface area contributed by atoms with E-state index in [2.05, 4.69) is 18.8 Å². The lowest BCUT2D eigenvalue weighted by atomic mass is 9.96. The molecule has 3 rings (SSSR count). The van der Waals surface area contributed by atoms with Crippen LogP contribution in [0.5, 0.6) is 0 Å². The molecule has 0 saturated carbocycles. The second kappa shape index (κ2) is 5.16. The van der Waals surface area contributed by atoms with Gasteiger partial charge in [0.05, 0.1) is 24.7 Å². The number of thiazole rings is 1. The molecule has 1 amide bonds. The maximum Gasteiger partial charge on any atom is 0.259 e. The Morgan fingerprint density at radius 3 is 2.75 bits per heavy atom. The van der Waals surface area contributed by atoms with E-state index in [0.717, 1.165) is 28.3 Å². The second-order valence-electron chi connectivity index (χ2n) is 5.11. The number of aryl methyl sites for hydroxylation is 2. The minimum atomic E-state index is -0.299. The predicted molar refractivity (Wildman–Crippen MR) is 87.1 cm³/mol. The topological polar surface area (TPSA) is 56.0 Å². The Labute approximate surface area is 130 Å². The first-order chi connectivity index (χ1) is 9.47. The van der Waals surface area contributed by atoms with Gasteiger partial charge in [-0.05, 0) is 25.3 Å². The fourth-order valence-electron chi connectivity index (χ4n) is 2.48. The zero-order chi connectivity index (χ0) is 14.4. The highest BCUT2D eigenvalue weighted by atomic mass is 32.2. The zero-order valence-electron chi connectivity index (χ0n) is 11.6. The molecule has 1 aliphatic rings. The van der Waals surface area contributed by atoms with E-state index >= 15 is 0 Å². The number of aromatic nitrogens is 1. The summed E-state index contributed by atoms with van der Waals surface area (Å²) in [5.41, 5.74) is 9.11. The van der Waals surface area contributed by atoms with Crippen LogP contribution in [0.25, 0.3) is 10.4 Å². The van der Waals surface area contributed by atoms with Crippen molar-refractivity contribution in [2.24, 2.45) is 5.73 Å². The van der Waals surface area contributed by atoms with Crippen LogP contribution < -0.4 is 5.73 Å². The number of amides is 1. The van der Waals surface area contributed by atoms with Crippen molar-refractivity contribution in [3.8, 4) is 10.4 Å². The highest BCUT2D eigenvalue weighted by Gasteiger charge is 2.29. The number of carbonyl (C=O) groups is 1. The van der Waals surface area contributed by atoms with Crippen molar-refractivity contribution < 1.29 is 4.79 Å². The molecule has 1 aliphatic carbocycles. The Bertz CT molecular complexity index is 685. The molecule has 3 nitrogen and oxygen atoms in total. The van der Waals surface area contributed by atoms with Gasteiger partial charge in [0.25, 0.3) is 5.91 Å². The number of hydrogen-bond acceptors (Lipinski definition) is 5. The van der Waals surface area contributed by atoms with Crippen molar-refractivity contribution in [1.82, 2.24) is 4.98 Å². The summed E-state index contributed by atoms with van der Waals surface area (Å²) in [4.78, 5) is 18.3. The van der Waals surface area contributed by atoms with Gasteiger partial charge in [0.1, 0.15) is 0 Å². The molecule has 0 aromatic carbocycles. The third-order valence-corrected chi connectivity index (χ3v) is 6.68. The summed E-state index contributed by atoms with van der Waals surface area (Å²) in [7, 11) is 0. The van der Waals surface area contributed by atoms with Crippen molar-refractivity contribution in [3.05, 3.63) is 21.1 Å². The van der Waals surface area contributed by atoms with Crippen molar-refractivity contribution in [3.63, 3.8) is 0 Å². The van der Waals surface area contributed by atoms with Gasteiger partial charge in [0, 0.05) is 10.8 Å². The minimum absolute atomic E-state index is 0.299. The SMILES string of the molecule is Cc1nc2c(s1)-c1c(SC(C)C)sc(C(N)=O)c1CC2. The summed E-state index contributed by atoms with van der Waals surface area (Å²) in [6.07, 6.45) is 1.79. The molecule has 0 spiro atoms. The number of nitrogens with zero attached hydrogens (tertiary/aromatic N) is 1. The molecule has 0 atom stereocenters. The maximum absolute atomic E-state index is 11.7. The van der Waals surface area contributed by atoms with Gasteiger partial charge in [-0.3, -0.25) is 4.79 Å². The lowest BCUT2D eigenvalue weighted by molar-refractivity contribution is 0.100. The van der Waals surface area contributed by atoms with E-state index in [-0.39, 0.29) is 5.91 Å². The first-order valence-corrected chi connectivity index (χ1v) is 9.07. The Kier molecular flexibility index (Phi) is 3.64. The van der Waals surface area contributed by atoms with E-state index in [1.165, 1.54) is 20.3 Å². The van der Waals surface area contributed by atoms with Crippen LogP contribution in [0.3, 0.4) is 0 Å². The Morgan fingerprint density at radius 1 is 1.35 bits per heavy atom. The van der Waals surface area contributed by atoms with Crippen molar-refractivity contribution in [1.29, 1.82) is 0 Å². The lowest BCUT2D eigenvalue weighted by Crippen LogP contribution is -2.13. The van der Waals surface area contributed by atoms with Crippen LogP contribution >= 0.6 is 34.4 Å². The molecule has 0 fully saturated rings. The molecular formula is C14H16N2OS3. The van der Waals surface area contributed by atoms with Crippen molar-refractivity contribution in [2.45, 2.75) is 43.1 Å². The van der Waals surface area contributed by atoms with Crippen molar-refractivity contribution in [2.75, 3.05) is 0 Å². The van der Waals surface area contributed by atoms with Crippen LogP contribution in [0.15, 0.2) is 4.21 Å². The van der Waals surface area contributed by atoms with Gasteiger partial charge < -0.3 is 5.73 Å². The molecule has 2 aromatic heterocycles. The Balaban J connectivity index is 2.22. The number of primary amides is 1. The number of fused-ring (bicyclic) bond motifs is 3. The van der Waals surface area contributed by atoms with Gasteiger partial charge >= 0.3 is 0 Å². The highest BCUT2D eigenvalue weighted by Crippen LogP contribution is 2.49. The molecule has 6 heteroatoms. The fourth-order valence-corrected chi connectivity index (χ4v) is 6.39. The van der Waals surface area contributed by atoms with Gasteiger partial charge in [-0.1, -0.05) is 13.8 Å². The molecule has 2 aromatic rings. The zero-order valence-corrected chi connectivity index (χ0v) is 14.1. The van der Waals surface area contributed by atoms with E-state index in [4.69, 9.17) is 5.73 Å². The summed E-state index contributed by atoms with van der Waals surface area (Å²) in [6, 6.07) is 0. The van der Waals surface area contributed by atoms with Crippen LogP contribution in [0.2, 0.25) is 0 Å². The average Bonchev–Trinajstić information content (AvgIpc) is 2.88. The molecule has 0 radical (unpaired) electrons. The molecule has 2 heterocycles. The monoisotopic (exact) mass is 324 g/mol. The Hall–Kier alpha value is -0.850. The number of nitrogens with two attached hydrogens (primary N) is 1. The van der Waals surface area contributed by atoms with Gasteiger partial charge in [0.2, 0.25) is 0 Å². The number of carbonyl (C=O) groups excluding carboxylic acids is 1. The number of thioether (sulfide) groups is 1. The molecule has 0 aliphatic heterocycles. The molecule has 0 unspecified atom stereocenters. The van der Waals surface area contributed by atoms with Crippen LogP contribution in [0, 0.1) is 6.92 Å². The predicted octanol–water partition coefficient (Wildman–Crippen LogP) is 3.88. The summed E-state index contributed by atoms with van der Waals surface area (Å²) in [5, 5.41) is 1.58. The second-order valence-corrected chi connectivity index (χ2v) is 9.18. The highest BCUT2D eigenvalue weighted by molar-refractivity contribution is 8.01. The van der Waals surface area contributed by atoms with E-state index in [0.29, 0.717) is 5.25 Å². The van der Waals surface area contributed by atoms with Crippen molar-refractivity contribution >= 4 is 40.3 Å². The number of rotatable bonds is 3. The van der Waals surface area contributed by atoms with E-state index < -0.39 is 0 Å². The van der Waals surface area contributed by atoms with Crippen LogP contribution in [0.4, 0.5) is 0 Å². The molecule has 106 valence electrons. The standard InChI is InChI=1S/C14H16N2OS3/c1-6(2)18-14-10-8(11(20-14)13(15)17)4-5-9-12(10)19-7(3)16-9/h6H,4-5H2,1-3H3,(H2,15,17). The first-order valence-electron chi connectivity index (χ1n) is 6.56. The minimum Gasteiger partial charge on any atom is -0.365 e. The van der Waals surface area contributed by atoms with Crippen LogP contribution in [-0.4, -0.2) is 16.1 Å². The maximum atomic E-state index is 11.7. The van der Waals surface area contributed by atoms with E-state index in [1.54, 1.807) is 22.7 Å². The van der Waals surface area contributed by atoms with Gasteiger partial charge in [-0.15, -0.1) is 34.4 Å². The molecule has 0 saturated heterocycles. The molecule has 2 N–H and O–H groups in total. The Morgan fingerprint density at radius 2 is 2.10 bits per heavy atom. The normalized spacial score (nSPS) is 13.4. The van der Waals surface area contributed by atoms with Gasteiger partial charge in [-0.2, -0.15) is 0 Å². The van der Waals surface area contributed by atoms with E-state index in [1.807, 2.05) is 18.7 Å². The average molecular weight is 324 g/mol. The lowest BCUT2D eigenvalue weighted by Gasteiger charge is -2.14. The van der Waals surface area contributed by atoms with Crippen LogP contribution in [0.1, 0.15) is 39.8 Å². The first kappa shape index (κ1) is 14.1.